The zero-order valence-electron chi connectivity index (χ0n) is 17.4. The summed E-state index contributed by atoms with van der Waals surface area (Å²) in [7, 11) is 2.13. The molecule has 0 fully saturated rings. The van der Waals surface area contributed by atoms with Crippen LogP contribution in [0.4, 0.5) is 0 Å². The van der Waals surface area contributed by atoms with Crippen molar-refractivity contribution in [1.82, 2.24) is 0 Å². The Balaban J connectivity index is 0.00000256. The highest BCUT2D eigenvalue weighted by atomic mass is 127. The second-order valence-electron chi connectivity index (χ2n) is 7.30. The van der Waals surface area contributed by atoms with Gasteiger partial charge in [-0.1, -0.05) is 85.8 Å². The summed E-state index contributed by atoms with van der Waals surface area (Å²) in [4.78, 5) is 0. The molecule has 0 spiro atoms. The number of rotatable bonds is 5. The highest BCUT2D eigenvalue weighted by Gasteiger charge is 2.17. The Morgan fingerprint density at radius 2 is 1.30 bits per heavy atom. The molecule has 0 bridgehead atoms. The Morgan fingerprint density at radius 3 is 1.90 bits per heavy atom. The third-order valence-electron chi connectivity index (χ3n) is 5.27. The number of nitrogens with zero attached hydrogens (tertiary/aromatic N) is 1. The molecular weight excluding hydrogens is 477 g/mol. The fourth-order valence-electron chi connectivity index (χ4n) is 3.68. The van der Waals surface area contributed by atoms with E-state index in [1.54, 1.807) is 0 Å². The predicted octanol–water partition coefficient (Wildman–Crippen LogP) is 3.58. The summed E-state index contributed by atoms with van der Waals surface area (Å²) in [5.74, 6) is 0. The fourth-order valence-corrected chi connectivity index (χ4v) is 3.68. The van der Waals surface area contributed by atoms with Crippen molar-refractivity contribution >= 4 is 12.2 Å². The minimum atomic E-state index is 0. The molecule has 4 rings (SSSR count). The molecule has 150 valence electrons. The van der Waals surface area contributed by atoms with Crippen molar-refractivity contribution in [3.63, 3.8) is 0 Å². The van der Waals surface area contributed by atoms with Gasteiger partial charge in [0.15, 0.2) is 6.20 Å². The number of pyridine rings is 1. The lowest BCUT2D eigenvalue weighted by Gasteiger charge is -2.08. The van der Waals surface area contributed by atoms with E-state index in [1.165, 1.54) is 39.1 Å². The minimum absolute atomic E-state index is 0. The topological polar surface area (TPSA) is 3.88 Å². The Morgan fingerprint density at radius 1 is 0.700 bits per heavy atom. The number of aryl methyl sites for hydroxylation is 2. The second-order valence-corrected chi connectivity index (χ2v) is 7.30. The van der Waals surface area contributed by atoms with Crippen LogP contribution in [-0.4, -0.2) is 0 Å². The van der Waals surface area contributed by atoms with Gasteiger partial charge in [0.05, 0.1) is 0 Å². The molecule has 0 radical (unpaired) electrons. The van der Waals surface area contributed by atoms with Crippen molar-refractivity contribution in [2.24, 2.45) is 7.05 Å². The number of hydrogen-bond acceptors (Lipinski definition) is 0. The molecule has 0 aliphatic rings. The molecule has 30 heavy (non-hydrogen) atoms. The van der Waals surface area contributed by atoms with Crippen molar-refractivity contribution in [2.45, 2.75) is 13.3 Å². The van der Waals surface area contributed by atoms with Crippen LogP contribution in [0, 0.1) is 0 Å². The molecule has 1 heterocycles. The predicted molar refractivity (Wildman–Crippen MR) is 123 cm³/mol. The van der Waals surface area contributed by atoms with Gasteiger partial charge in [0, 0.05) is 16.7 Å². The third-order valence-corrected chi connectivity index (χ3v) is 5.27. The van der Waals surface area contributed by atoms with Gasteiger partial charge in [-0.15, -0.1) is 0 Å². The smallest absolute Gasteiger partial charge is 0.219 e. The van der Waals surface area contributed by atoms with E-state index in [2.05, 4.69) is 128 Å². The Bertz CT molecular complexity index is 1110. The first-order valence-electron chi connectivity index (χ1n) is 10.2. The Kier molecular flexibility index (Phi) is 7.58. The van der Waals surface area contributed by atoms with Crippen LogP contribution in [0.25, 0.3) is 34.5 Å². The molecule has 1 nitrogen and oxygen atoms in total. The first kappa shape index (κ1) is 22.0. The molecule has 0 aliphatic heterocycles. The molecule has 4 aromatic rings. The lowest BCUT2D eigenvalue weighted by molar-refractivity contribution is -0.660. The highest BCUT2D eigenvalue weighted by Crippen LogP contribution is 2.27. The van der Waals surface area contributed by atoms with E-state index in [-0.39, 0.29) is 24.0 Å². The van der Waals surface area contributed by atoms with Gasteiger partial charge >= 0.3 is 0 Å². The van der Waals surface area contributed by atoms with Crippen molar-refractivity contribution in [1.29, 1.82) is 0 Å². The Labute approximate surface area is 196 Å². The van der Waals surface area contributed by atoms with Crippen LogP contribution in [0.15, 0.2) is 97.2 Å². The monoisotopic (exact) mass is 503 g/mol. The zero-order chi connectivity index (χ0) is 20.1. The van der Waals surface area contributed by atoms with E-state index in [9.17, 15) is 0 Å². The summed E-state index contributed by atoms with van der Waals surface area (Å²) in [6, 6.07) is 32.2. The van der Waals surface area contributed by atoms with E-state index in [4.69, 9.17) is 0 Å². The van der Waals surface area contributed by atoms with Crippen LogP contribution in [0.3, 0.4) is 0 Å². The molecule has 0 atom stereocenters. The summed E-state index contributed by atoms with van der Waals surface area (Å²) in [6.45, 7) is 2.19. The van der Waals surface area contributed by atoms with Crippen molar-refractivity contribution < 1.29 is 28.5 Å². The SMILES string of the molecule is CCc1ccc(/C=C/c2cc(-c3ccccc3)c[n+](C)c2-c2ccccc2)cc1.[I-]. The number of halogens is 1. The van der Waals surface area contributed by atoms with Gasteiger partial charge in [-0.05, 0) is 47.4 Å². The van der Waals surface area contributed by atoms with Crippen LogP contribution in [-0.2, 0) is 13.5 Å². The molecule has 0 N–H and O–H groups in total. The molecule has 0 unspecified atom stereocenters. The highest BCUT2D eigenvalue weighted by molar-refractivity contribution is 5.80. The molecule has 0 aliphatic carbocycles. The van der Waals surface area contributed by atoms with E-state index in [0.29, 0.717) is 0 Å². The maximum absolute atomic E-state index is 2.29. The number of benzene rings is 3. The lowest BCUT2D eigenvalue weighted by atomic mass is 9.99. The lowest BCUT2D eigenvalue weighted by Crippen LogP contribution is -3.00. The first-order chi connectivity index (χ1) is 14.2. The summed E-state index contributed by atoms with van der Waals surface area (Å²) in [6.07, 6.45) is 7.72. The van der Waals surface area contributed by atoms with Gasteiger partial charge in [-0.2, -0.15) is 4.57 Å². The molecule has 0 amide bonds. The van der Waals surface area contributed by atoms with Crippen LogP contribution in [0.1, 0.15) is 23.6 Å². The zero-order valence-corrected chi connectivity index (χ0v) is 19.6. The van der Waals surface area contributed by atoms with Gasteiger partial charge in [0.2, 0.25) is 5.69 Å². The van der Waals surface area contributed by atoms with E-state index in [1.807, 2.05) is 0 Å². The van der Waals surface area contributed by atoms with Crippen LogP contribution in [0.2, 0.25) is 0 Å². The normalized spacial score (nSPS) is 10.7. The standard InChI is InChI=1S/C28H26N.HI/c1-3-22-14-16-23(17-15-22)18-19-26-20-27(24-10-6-4-7-11-24)21-29(2)28(26)25-12-8-5-9-13-25;/h4-21H,3H2,1-2H3;1H/q+1;/p-1/b19-18+;. The van der Waals surface area contributed by atoms with Gasteiger partial charge in [-0.3, -0.25) is 0 Å². The summed E-state index contributed by atoms with van der Waals surface area (Å²) < 4.78 is 2.23. The van der Waals surface area contributed by atoms with E-state index < -0.39 is 0 Å². The largest absolute Gasteiger partial charge is 1.00 e. The summed E-state index contributed by atoms with van der Waals surface area (Å²) in [5.41, 5.74) is 8.67. The van der Waals surface area contributed by atoms with Crippen molar-refractivity contribution in [3.05, 3.63) is 114 Å². The second kappa shape index (κ2) is 10.4. The number of hydrogen-bond donors (Lipinski definition) is 0. The Hall–Kier alpha value is -2.72. The van der Waals surface area contributed by atoms with Crippen molar-refractivity contribution in [3.8, 4) is 22.4 Å². The van der Waals surface area contributed by atoms with Crippen molar-refractivity contribution in [2.75, 3.05) is 0 Å². The molecular formula is C28H26IN. The maximum atomic E-state index is 2.29. The molecule has 2 heteroatoms. The van der Waals surface area contributed by atoms with Gasteiger partial charge in [0.25, 0.3) is 0 Å². The average molecular weight is 503 g/mol. The van der Waals surface area contributed by atoms with E-state index in [0.717, 1.165) is 6.42 Å². The molecule has 3 aromatic carbocycles. The van der Waals surface area contributed by atoms with Gasteiger partial charge < -0.3 is 24.0 Å². The van der Waals surface area contributed by atoms with Crippen LogP contribution >= 0.6 is 0 Å². The minimum Gasteiger partial charge on any atom is -1.00 e. The third kappa shape index (κ3) is 5.06. The van der Waals surface area contributed by atoms with E-state index >= 15 is 0 Å². The summed E-state index contributed by atoms with van der Waals surface area (Å²) in [5, 5.41) is 0. The van der Waals surface area contributed by atoms with Gasteiger partial charge in [0.1, 0.15) is 7.05 Å². The average Bonchev–Trinajstić information content (AvgIpc) is 2.79. The van der Waals surface area contributed by atoms with Crippen LogP contribution < -0.4 is 28.5 Å². The summed E-state index contributed by atoms with van der Waals surface area (Å²) >= 11 is 0. The van der Waals surface area contributed by atoms with Gasteiger partial charge in [-0.25, -0.2) is 0 Å². The quantitative estimate of drug-likeness (QED) is 0.290. The molecule has 0 saturated heterocycles. The first-order valence-corrected chi connectivity index (χ1v) is 10.2. The van der Waals surface area contributed by atoms with Crippen LogP contribution in [0.5, 0.6) is 0 Å². The molecule has 1 aromatic heterocycles. The fraction of sp³-hybridized carbons (Fsp3) is 0.107. The molecule has 0 saturated carbocycles. The number of aromatic nitrogens is 1. The maximum Gasteiger partial charge on any atom is 0.219 e.